The summed E-state index contributed by atoms with van der Waals surface area (Å²) in [6.45, 7) is 4.39. The highest BCUT2D eigenvalue weighted by Crippen LogP contribution is 2.39. The third-order valence-electron chi connectivity index (χ3n) is 8.35. The van der Waals surface area contributed by atoms with Crippen molar-refractivity contribution in [3.63, 3.8) is 0 Å². The Morgan fingerprint density at radius 3 is 2.25 bits per heavy atom. The zero-order chi connectivity index (χ0) is 34.3. The molecular formula is C33H41N6O8P. The Bertz CT molecular complexity index is 1630. The van der Waals surface area contributed by atoms with E-state index in [1.807, 2.05) is 35.2 Å². The Hall–Kier alpha value is -4.36. The standard InChI is InChI=1S/C33H41N6O8P/c1-3-47-33(42)38-17-15-37(16-18-38)32(41)28(19-23-9-11-24(12-10-23)22-48(43,44)45)35-31(40)27-20-29(39-14-13-26(21-39)46-2)36-30(34-27)25-7-5-4-6-8-25/h4-12,20,26,28H,3,13-19,21-22H2,1-2H3,(H,35,40)(H2,43,44,45)/t26-,28-/m0/s1. The average molecular weight is 681 g/mol. The van der Waals surface area contributed by atoms with E-state index in [1.54, 1.807) is 54.2 Å². The van der Waals surface area contributed by atoms with Gasteiger partial charge in [-0.1, -0.05) is 54.6 Å². The summed E-state index contributed by atoms with van der Waals surface area (Å²) in [5, 5.41) is 2.91. The molecule has 0 aliphatic carbocycles. The average Bonchev–Trinajstić information content (AvgIpc) is 3.58. The second-order valence-electron chi connectivity index (χ2n) is 11.8. The first-order valence-corrected chi connectivity index (χ1v) is 17.7. The summed E-state index contributed by atoms with van der Waals surface area (Å²) >= 11 is 0. The summed E-state index contributed by atoms with van der Waals surface area (Å²) in [5.41, 5.74) is 1.97. The zero-order valence-electron chi connectivity index (χ0n) is 27.0. The van der Waals surface area contributed by atoms with Gasteiger partial charge in [-0.15, -0.1) is 0 Å². The molecule has 3 heterocycles. The van der Waals surface area contributed by atoms with Crippen molar-refractivity contribution >= 4 is 31.3 Å². The quantitative estimate of drug-likeness (QED) is 0.254. The number of piperazine rings is 1. The van der Waals surface area contributed by atoms with Crippen molar-refractivity contribution in [2.24, 2.45) is 0 Å². The van der Waals surface area contributed by atoms with Gasteiger partial charge in [-0.05, 0) is 24.5 Å². The largest absolute Gasteiger partial charge is 0.450 e. The molecule has 0 radical (unpaired) electrons. The lowest BCUT2D eigenvalue weighted by molar-refractivity contribution is -0.134. The summed E-state index contributed by atoms with van der Waals surface area (Å²) in [4.78, 5) is 73.4. The van der Waals surface area contributed by atoms with Crippen LogP contribution in [0.5, 0.6) is 0 Å². The first-order valence-electron chi connectivity index (χ1n) is 15.9. The van der Waals surface area contributed by atoms with E-state index >= 15 is 0 Å². The van der Waals surface area contributed by atoms with Crippen LogP contribution in [0, 0.1) is 0 Å². The van der Waals surface area contributed by atoms with Gasteiger partial charge in [0.05, 0.1) is 18.9 Å². The molecule has 3 aromatic rings. The minimum absolute atomic E-state index is 0.0387. The van der Waals surface area contributed by atoms with E-state index in [-0.39, 0.29) is 56.9 Å². The van der Waals surface area contributed by atoms with Gasteiger partial charge in [0.1, 0.15) is 17.6 Å². The number of hydrogen-bond acceptors (Lipinski definition) is 9. The highest BCUT2D eigenvalue weighted by molar-refractivity contribution is 7.50. The number of hydrogen-bond donors (Lipinski definition) is 3. The number of nitrogens with zero attached hydrogens (tertiary/aromatic N) is 5. The number of methoxy groups -OCH3 is 1. The van der Waals surface area contributed by atoms with Gasteiger partial charge in [0.25, 0.3) is 5.91 Å². The number of aromatic nitrogens is 2. The molecule has 2 aliphatic rings. The van der Waals surface area contributed by atoms with Crippen LogP contribution in [0.25, 0.3) is 11.4 Å². The summed E-state index contributed by atoms with van der Waals surface area (Å²) in [6, 6.07) is 16.5. The van der Waals surface area contributed by atoms with Crippen molar-refractivity contribution in [2.45, 2.75) is 38.1 Å². The van der Waals surface area contributed by atoms with Crippen molar-refractivity contribution in [3.05, 3.63) is 77.5 Å². The molecule has 3 amide bonds. The molecule has 15 heteroatoms. The number of amides is 3. The molecule has 3 N–H and O–H groups in total. The van der Waals surface area contributed by atoms with Crippen LogP contribution in [0.2, 0.25) is 0 Å². The molecule has 2 atom stereocenters. The van der Waals surface area contributed by atoms with Crippen molar-refractivity contribution in [3.8, 4) is 11.4 Å². The lowest BCUT2D eigenvalue weighted by Crippen LogP contribution is -2.56. The summed E-state index contributed by atoms with van der Waals surface area (Å²) in [6.07, 6.45) is 0.129. The zero-order valence-corrected chi connectivity index (χ0v) is 27.9. The maximum Gasteiger partial charge on any atom is 0.409 e. The predicted octanol–water partition coefficient (Wildman–Crippen LogP) is 2.69. The molecule has 0 bridgehead atoms. The molecule has 2 aromatic carbocycles. The van der Waals surface area contributed by atoms with Gasteiger partial charge in [0.2, 0.25) is 5.91 Å². The number of carbonyl (C=O) groups is 3. The van der Waals surface area contributed by atoms with Gasteiger partial charge in [0, 0.05) is 64.4 Å². The van der Waals surface area contributed by atoms with Gasteiger partial charge >= 0.3 is 13.7 Å². The molecule has 256 valence electrons. The molecule has 14 nitrogen and oxygen atoms in total. The van der Waals surface area contributed by atoms with E-state index in [0.29, 0.717) is 35.9 Å². The third kappa shape index (κ3) is 9.16. The molecule has 1 aromatic heterocycles. The molecule has 2 saturated heterocycles. The fraction of sp³-hybridized carbons (Fsp3) is 0.424. The van der Waals surface area contributed by atoms with Gasteiger partial charge in [-0.25, -0.2) is 14.8 Å². The number of carbonyl (C=O) groups excluding carboxylic acids is 3. The molecule has 0 saturated carbocycles. The van der Waals surface area contributed by atoms with Gasteiger partial charge in [-0.2, -0.15) is 0 Å². The maximum atomic E-state index is 14.0. The molecule has 2 fully saturated rings. The predicted molar refractivity (Wildman–Crippen MR) is 177 cm³/mol. The Morgan fingerprint density at radius 1 is 0.958 bits per heavy atom. The van der Waals surface area contributed by atoms with Gasteiger partial charge in [-0.3, -0.25) is 14.2 Å². The van der Waals surface area contributed by atoms with Crippen molar-refractivity contribution in [1.29, 1.82) is 0 Å². The summed E-state index contributed by atoms with van der Waals surface area (Å²) in [7, 11) is -2.59. The minimum Gasteiger partial charge on any atom is -0.450 e. The first kappa shape index (κ1) is 35.0. The SMILES string of the molecule is CCOC(=O)N1CCN(C(=O)[C@H](Cc2ccc(CP(=O)(O)O)cc2)NC(=O)c2cc(N3CC[C@H](OC)C3)nc(-c3ccccc3)n2)CC1. The summed E-state index contributed by atoms with van der Waals surface area (Å²) in [5.74, 6) is 0.0658. The molecule has 0 spiro atoms. The topological polar surface area (TPSA) is 175 Å². The lowest BCUT2D eigenvalue weighted by atomic mass is 10.0. The van der Waals surface area contributed by atoms with E-state index in [2.05, 4.69) is 10.3 Å². The Morgan fingerprint density at radius 2 is 1.62 bits per heavy atom. The van der Waals surface area contributed by atoms with Gasteiger partial charge < -0.3 is 39.3 Å². The van der Waals surface area contributed by atoms with E-state index in [9.17, 15) is 28.7 Å². The minimum atomic E-state index is -4.26. The van der Waals surface area contributed by atoms with E-state index in [1.165, 1.54) is 0 Å². The van der Waals surface area contributed by atoms with Crippen LogP contribution in [-0.4, -0.2) is 113 Å². The molecular weight excluding hydrogens is 639 g/mol. The van der Waals surface area contributed by atoms with Crippen molar-refractivity contribution in [1.82, 2.24) is 25.1 Å². The molecule has 0 unspecified atom stereocenters. The number of anilines is 1. The Labute approximate surface area is 279 Å². The summed E-state index contributed by atoms with van der Waals surface area (Å²) < 4.78 is 22.1. The monoisotopic (exact) mass is 680 g/mol. The number of nitrogens with one attached hydrogen (secondary N) is 1. The third-order valence-corrected chi connectivity index (χ3v) is 9.13. The van der Waals surface area contributed by atoms with Crippen LogP contribution in [0.1, 0.15) is 35.0 Å². The highest BCUT2D eigenvalue weighted by atomic mass is 31.2. The van der Waals surface area contributed by atoms with Crippen LogP contribution in [-0.2, 0) is 31.4 Å². The molecule has 5 rings (SSSR count). The van der Waals surface area contributed by atoms with Crippen LogP contribution in [0.4, 0.5) is 10.6 Å². The highest BCUT2D eigenvalue weighted by Gasteiger charge is 2.32. The maximum absolute atomic E-state index is 14.0. The molecule has 2 aliphatic heterocycles. The van der Waals surface area contributed by atoms with Crippen LogP contribution < -0.4 is 10.2 Å². The van der Waals surface area contributed by atoms with E-state index in [0.717, 1.165) is 12.0 Å². The number of benzene rings is 2. The van der Waals surface area contributed by atoms with Gasteiger partial charge in [0.15, 0.2) is 5.82 Å². The second-order valence-corrected chi connectivity index (χ2v) is 13.4. The smallest absolute Gasteiger partial charge is 0.409 e. The Balaban J connectivity index is 1.41. The van der Waals surface area contributed by atoms with Crippen LogP contribution in [0.3, 0.4) is 0 Å². The first-order chi connectivity index (χ1) is 23.0. The van der Waals surface area contributed by atoms with Crippen LogP contribution >= 0.6 is 7.60 Å². The van der Waals surface area contributed by atoms with Crippen LogP contribution in [0.15, 0.2) is 60.7 Å². The number of rotatable bonds is 11. The second kappa shape index (κ2) is 15.7. The van der Waals surface area contributed by atoms with E-state index in [4.69, 9.17) is 14.5 Å². The fourth-order valence-electron chi connectivity index (χ4n) is 5.79. The Kier molecular flexibility index (Phi) is 11.4. The lowest BCUT2D eigenvalue weighted by Gasteiger charge is -2.36. The normalized spacial score (nSPS) is 17.2. The molecule has 48 heavy (non-hydrogen) atoms. The number of ether oxygens (including phenoxy) is 2. The van der Waals surface area contributed by atoms with E-state index < -0.39 is 31.8 Å². The van der Waals surface area contributed by atoms with Crippen molar-refractivity contribution in [2.75, 3.05) is 57.9 Å². The van der Waals surface area contributed by atoms with Crippen molar-refractivity contribution < 1.29 is 38.2 Å². The fourth-order valence-corrected chi connectivity index (χ4v) is 6.48.